The number of benzene rings is 1. The molecule has 0 bridgehead atoms. The van der Waals surface area contributed by atoms with Gasteiger partial charge in [0.05, 0.1) is 6.42 Å². The van der Waals surface area contributed by atoms with Crippen molar-refractivity contribution in [2.75, 3.05) is 13.1 Å². The van der Waals surface area contributed by atoms with Crippen LogP contribution in [0.3, 0.4) is 0 Å². The van der Waals surface area contributed by atoms with Crippen LogP contribution in [0.25, 0.3) is 0 Å². The van der Waals surface area contributed by atoms with E-state index in [2.05, 4.69) is 6.92 Å². The Balaban J connectivity index is 2.03. The summed E-state index contributed by atoms with van der Waals surface area (Å²) in [4.78, 5) is 14.3. The van der Waals surface area contributed by atoms with Gasteiger partial charge in [-0.25, -0.2) is 0 Å². The van der Waals surface area contributed by atoms with Crippen LogP contribution in [0.4, 0.5) is 0 Å². The summed E-state index contributed by atoms with van der Waals surface area (Å²) in [6, 6.07) is 10.1. The number of likely N-dealkylation sites (tertiary alicyclic amines) is 1. The molecule has 1 fully saturated rings. The SMILES string of the molecule is CC1CCCN(C(=O)Cc2ccccc2)C1CN. The maximum atomic E-state index is 12.4. The molecule has 1 aromatic carbocycles. The molecule has 0 aromatic heterocycles. The van der Waals surface area contributed by atoms with Crippen LogP contribution in [0.1, 0.15) is 25.3 Å². The van der Waals surface area contributed by atoms with Gasteiger partial charge in [0.15, 0.2) is 0 Å². The first-order chi connectivity index (χ1) is 8.72. The van der Waals surface area contributed by atoms with Gasteiger partial charge in [0.2, 0.25) is 5.91 Å². The minimum absolute atomic E-state index is 0.211. The molecular formula is C15H22N2O. The molecule has 3 heteroatoms. The molecule has 0 spiro atoms. The Hall–Kier alpha value is -1.35. The van der Waals surface area contributed by atoms with Crippen LogP contribution in [-0.2, 0) is 11.2 Å². The summed E-state index contributed by atoms with van der Waals surface area (Å²) >= 11 is 0. The summed E-state index contributed by atoms with van der Waals surface area (Å²) in [5.74, 6) is 0.728. The van der Waals surface area contributed by atoms with Crippen LogP contribution in [0.2, 0.25) is 0 Å². The van der Waals surface area contributed by atoms with Crippen molar-refractivity contribution in [3.63, 3.8) is 0 Å². The third kappa shape index (κ3) is 2.91. The third-order valence-electron chi connectivity index (χ3n) is 3.88. The smallest absolute Gasteiger partial charge is 0.227 e. The summed E-state index contributed by atoms with van der Waals surface area (Å²) in [6.07, 6.45) is 2.76. The summed E-state index contributed by atoms with van der Waals surface area (Å²) in [7, 11) is 0. The fourth-order valence-electron chi connectivity index (χ4n) is 2.79. The number of amides is 1. The van der Waals surface area contributed by atoms with Gasteiger partial charge in [0.25, 0.3) is 0 Å². The van der Waals surface area contributed by atoms with Crippen LogP contribution in [-0.4, -0.2) is 29.9 Å². The normalized spacial score (nSPS) is 24.0. The average molecular weight is 246 g/mol. The number of nitrogens with zero attached hydrogens (tertiary/aromatic N) is 1. The molecule has 0 radical (unpaired) electrons. The van der Waals surface area contributed by atoms with Gasteiger partial charge in [-0.3, -0.25) is 4.79 Å². The van der Waals surface area contributed by atoms with Crippen molar-refractivity contribution in [3.05, 3.63) is 35.9 Å². The lowest BCUT2D eigenvalue weighted by atomic mass is 9.90. The molecule has 2 rings (SSSR count). The van der Waals surface area contributed by atoms with Crippen LogP contribution in [0.15, 0.2) is 30.3 Å². The minimum atomic E-state index is 0.211. The molecule has 2 N–H and O–H groups in total. The Bertz CT molecular complexity index is 391. The minimum Gasteiger partial charge on any atom is -0.338 e. The van der Waals surface area contributed by atoms with E-state index < -0.39 is 0 Å². The van der Waals surface area contributed by atoms with E-state index in [9.17, 15) is 4.79 Å². The van der Waals surface area contributed by atoms with E-state index in [-0.39, 0.29) is 11.9 Å². The van der Waals surface area contributed by atoms with Gasteiger partial charge < -0.3 is 10.6 Å². The molecule has 1 aliphatic rings. The number of carbonyl (C=O) groups is 1. The van der Waals surface area contributed by atoms with Gasteiger partial charge in [-0.2, -0.15) is 0 Å². The van der Waals surface area contributed by atoms with Gasteiger partial charge in [-0.15, -0.1) is 0 Å². The zero-order valence-electron chi connectivity index (χ0n) is 11.0. The second kappa shape index (κ2) is 6.01. The highest BCUT2D eigenvalue weighted by Gasteiger charge is 2.30. The highest BCUT2D eigenvalue weighted by atomic mass is 16.2. The largest absolute Gasteiger partial charge is 0.338 e. The Morgan fingerprint density at radius 1 is 1.39 bits per heavy atom. The molecule has 98 valence electrons. The standard InChI is InChI=1S/C15H22N2O/c1-12-6-5-9-17(14(12)11-16)15(18)10-13-7-3-2-4-8-13/h2-4,7-8,12,14H,5-6,9-11,16H2,1H3. The van der Waals surface area contributed by atoms with E-state index in [4.69, 9.17) is 5.73 Å². The van der Waals surface area contributed by atoms with Crippen LogP contribution >= 0.6 is 0 Å². The number of nitrogens with two attached hydrogens (primary N) is 1. The fourth-order valence-corrected chi connectivity index (χ4v) is 2.79. The Morgan fingerprint density at radius 3 is 2.78 bits per heavy atom. The van der Waals surface area contributed by atoms with E-state index in [0.717, 1.165) is 18.5 Å². The van der Waals surface area contributed by atoms with Crippen molar-refractivity contribution in [1.29, 1.82) is 0 Å². The van der Waals surface area contributed by atoms with E-state index in [1.165, 1.54) is 6.42 Å². The summed E-state index contributed by atoms with van der Waals surface area (Å²) in [5, 5.41) is 0. The molecule has 1 heterocycles. The zero-order valence-corrected chi connectivity index (χ0v) is 11.0. The van der Waals surface area contributed by atoms with Crippen molar-refractivity contribution in [2.24, 2.45) is 11.7 Å². The highest BCUT2D eigenvalue weighted by molar-refractivity contribution is 5.79. The summed E-state index contributed by atoms with van der Waals surface area (Å²) in [6.45, 7) is 3.62. The first-order valence-electron chi connectivity index (χ1n) is 6.76. The summed E-state index contributed by atoms with van der Waals surface area (Å²) < 4.78 is 0. The molecule has 1 saturated heterocycles. The lowest BCUT2D eigenvalue weighted by Gasteiger charge is -2.39. The number of hydrogen-bond acceptors (Lipinski definition) is 2. The predicted molar refractivity (Wildman–Crippen MR) is 73.1 cm³/mol. The number of piperidine rings is 1. The van der Waals surface area contributed by atoms with Gasteiger partial charge in [0, 0.05) is 19.1 Å². The first-order valence-corrected chi connectivity index (χ1v) is 6.76. The highest BCUT2D eigenvalue weighted by Crippen LogP contribution is 2.23. The monoisotopic (exact) mass is 246 g/mol. The molecule has 1 amide bonds. The van der Waals surface area contributed by atoms with Crippen molar-refractivity contribution in [1.82, 2.24) is 4.90 Å². The molecule has 18 heavy (non-hydrogen) atoms. The van der Waals surface area contributed by atoms with Crippen LogP contribution < -0.4 is 5.73 Å². The Morgan fingerprint density at radius 2 is 2.11 bits per heavy atom. The lowest BCUT2D eigenvalue weighted by molar-refractivity contribution is -0.135. The third-order valence-corrected chi connectivity index (χ3v) is 3.88. The maximum absolute atomic E-state index is 12.4. The topological polar surface area (TPSA) is 46.3 Å². The van der Waals surface area contributed by atoms with Gasteiger partial charge in [-0.05, 0) is 24.3 Å². The molecule has 1 aliphatic heterocycles. The molecule has 1 aromatic rings. The van der Waals surface area contributed by atoms with Gasteiger partial charge in [0.1, 0.15) is 0 Å². The molecular weight excluding hydrogens is 224 g/mol. The van der Waals surface area contributed by atoms with Crippen molar-refractivity contribution >= 4 is 5.91 Å². The molecule has 0 aliphatic carbocycles. The van der Waals surface area contributed by atoms with Crippen molar-refractivity contribution in [3.8, 4) is 0 Å². The second-order valence-electron chi connectivity index (χ2n) is 5.17. The summed E-state index contributed by atoms with van der Waals surface area (Å²) in [5.41, 5.74) is 6.90. The second-order valence-corrected chi connectivity index (χ2v) is 5.17. The first kappa shape index (κ1) is 13.1. The quantitative estimate of drug-likeness (QED) is 0.884. The Labute approximate surface area is 109 Å². The fraction of sp³-hybridized carbons (Fsp3) is 0.533. The number of hydrogen-bond donors (Lipinski definition) is 1. The van der Waals surface area contributed by atoms with Gasteiger partial charge >= 0.3 is 0 Å². The van der Waals surface area contributed by atoms with E-state index >= 15 is 0 Å². The van der Waals surface area contributed by atoms with Crippen molar-refractivity contribution in [2.45, 2.75) is 32.2 Å². The molecule has 2 atom stereocenters. The predicted octanol–water partition coefficient (Wildman–Crippen LogP) is 1.81. The van der Waals surface area contributed by atoms with E-state index in [1.807, 2.05) is 35.2 Å². The lowest BCUT2D eigenvalue weighted by Crippen LogP contribution is -2.51. The average Bonchev–Trinajstić information content (AvgIpc) is 2.39. The van der Waals surface area contributed by atoms with Crippen LogP contribution in [0, 0.1) is 5.92 Å². The van der Waals surface area contributed by atoms with Crippen LogP contribution in [0.5, 0.6) is 0 Å². The number of carbonyl (C=O) groups excluding carboxylic acids is 1. The van der Waals surface area contributed by atoms with Crippen molar-refractivity contribution < 1.29 is 4.79 Å². The Kier molecular flexibility index (Phi) is 4.37. The molecule has 0 saturated carbocycles. The number of rotatable bonds is 3. The maximum Gasteiger partial charge on any atom is 0.227 e. The molecule has 3 nitrogen and oxygen atoms in total. The van der Waals surface area contributed by atoms with E-state index in [1.54, 1.807) is 0 Å². The molecule has 2 unspecified atom stereocenters. The van der Waals surface area contributed by atoms with E-state index in [0.29, 0.717) is 18.9 Å². The van der Waals surface area contributed by atoms with Gasteiger partial charge in [-0.1, -0.05) is 37.3 Å². The zero-order chi connectivity index (χ0) is 13.0.